The van der Waals surface area contributed by atoms with Gasteiger partial charge in [0.1, 0.15) is 0 Å². The number of hydrogen-bond acceptors (Lipinski definition) is 2. The largest absolute Gasteiger partial charge is 0.453 e. The average Bonchev–Trinajstić information content (AvgIpc) is 2.41. The molecular weight excluding hydrogens is 214 g/mol. The summed E-state index contributed by atoms with van der Waals surface area (Å²) >= 11 is 0. The van der Waals surface area contributed by atoms with Crippen molar-refractivity contribution in [2.45, 2.75) is 0 Å². The van der Waals surface area contributed by atoms with E-state index < -0.39 is 6.09 Å². The van der Waals surface area contributed by atoms with Crippen molar-refractivity contribution in [2.24, 2.45) is 5.73 Å². The highest BCUT2D eigenvalue weighted by Crippen LogP contribution is 2.17. The maximum absolute atomic E-state index is 9.37. The molecular formula is C14H15NO2. The minimum atomic E-state index is -0.745. The number of hydrogen-bond donors (Lipinski definition) is 1. The van der Waals surface area contributed by atoms with Gasteiger partial charge in [-0.2, -0.15) is 0 Å². The minimum absolute atomic E-state index is 0.745. The molecule has 0 bridgehead atoms. The number of amides is 1. The fraction of sp³-hybridized carbons (Fsp3) is 0.0714. The standard InChI is InChI=1S/C12H10.C2H5NO2/c1-3-7-11(8-4-1)12-9-5-2-6-10-12;1-5-2(3)4/h1-10H;1H3,(H2,3,4). The maximum Gasteiger partial charge on any atom is 0.404 e. The Morgan fingerprint density at radius 2 is 1.18 bits per heavy atom. The van der Waals surface area contributed by atoms with Crippen LogP contribution in [0.3, 0.4) is 0 Å². The van der Waals surface area contributed by atoms with Crippen molar-refractivity contribution in [1.29, 1.82) is 0 Å². The summed E-state index contributed by atoms with van der Waals surface area (Å²) in [7, 11) is 1.22. The SMILES string of the molecule is COC(N)=O.c1ccc(-c2ccccc2)cc1. The van der Waals surface area contributed by atoms with Crippen LogP contribution in [-0.4, -0.2) is 13.2 Å². The summed E-state index contributed by atoms with van der Waals surface area (Å²) in [6, 6.07) is 20.8. The van der Waals surface area contributed by atoms with Gasteiger partial charge in [0, 0.05) is 0 Å². The van der Waals surface area contributed by atoms with Crippen LogP contribution in [0.15, 0.2) is 60.7 Å². The van der Waals surface area contributed by atoms with Crippen molar-refractivity contribution in [3.05, 3.63) is 60.7 Å². The van der Waals surface area contributed by atoms with Crippen molar-refractivity contribution in [1.82, 2.24) is 0 Å². The van der Waals surface area contributed by atoms with Gasteiger partial charge in [0.25, 0.3) is 0 Å². The zero-order valence-electron chi connectivity index (χ0n) is 9.67. The molecule has 0 heterocycles. The Hall–Kier alpha value is -2.29. The van der Waals surface area contributed by atoms with Crippen LogP contribution in [0, 0.1) is 0 Å². The topological polar surface area (TPSA) is 52.3 Å². The third-order valence-corrected chi connectivity index (χ3v) is 2.08. The minimum Gasteiger partial charge on any atom is -0.453 e. The molecule has 3 nitrogen and oxygen atoms in total. The molecule has 0 aliphatic carbocycles. The average molecular weight is 229 g/mol. The Morgan fingerprint density at radius 3 is 1.41 bits per heavy atom. The predicted molar refractivity (Wildman–Crippen MR) is 68.5 cm³/mol. The van der Waals surface area contributed by atoms with Gasteiger partial charge >= 0.3 is 6.09 Å². The predicted octanol–water partition coefficient (Wildman–Crippen LogP) is 3.07. The first-order valence-electron chi connectivity index (χ1n) is 5.18. The highest BCUT2D eigenvalue weighted by Gasteiger charge is 1.91. The van der Waals surface area contributed by atoms with Gasteiger partial charge < -0.3 is 10.5 Å². The summed E-state index contributed by atoms with van der Waals surface area (Å²) in [5, 5.41) is 0. The number of ether oxygens (including phenoxy) is 1. The molecule has 2 N–H and O–H groups in total. The van der Waals surface area contributed by atoms with E-state index in [1.807, 2.05) is 12.1 Å². The van der Waals surface area contributed by atoms with E-state index in [1.165, 1.54) is 18.2 Å². The molecule has 0 radical (unpaired) electrons. The van der Waals surface area contributed by atoms with Gasteiger partial charge in [-0.05, 0) is 11.1 Å². The molecule has 0 aliphatic rings. The summed E-state index contributed by atoms with van der Waals surface area (Å²) < 4.78 is 3.89. The molecule has 0 saturated heterocycles. The molecule has 0 fully saturated rings. The molecule has 88 valence electrons. The van der Waals surface area contributed by atoms with Gasteiger partial charge in [-0.3, -0.25) is 0 Å². The molecule has 0 atom stereocenters. The van der Waals surface area contributed by atoms with E-state index in [9.17, 15) is 4.79 Å². The molecule has 3 heteroatoms. The Kier molecular flexibility index (Phi) is 5.31. The first-order valence-corrected chi connectivity index (χ1v) is 5.18. The molecule has 0 unspecified atom stereocenters. The Balaban J connectivity index is 0.000000249. The van der Waals surface area contributed by atoms with Gasteiger partial charge in [-0.25, -0.2) is 4.79 Å². The second-order valence-corrected chi connectivity index (χ2v) is 3.26. The molecule has 1 amide bonds. The highest BCUT2D eigenvalue weighted by atomic mass is 16.5. The smallest absolute Gasteiger partial charge is 0.404 e. The van der Waals surface area contributed by atoms with Crippen LogP contribution in [0.5, 0.6) is 0 Å². The van der Waals surface area contributed by atoms with E-state index in [4.69, 9.17) is 0 Å². The highest BCUT2D eigenvalue weighted by molar-refractivity contribution is 5.64. The maximum atomic E-state index is 9.37. The molecule has 17 heavy (non-hydrogen) atoms. The fourth-order valence-electron chi connectivity index (χ4n) is 1.26. The first kappa shape index (κ1) is 12.8. The van der Waals surface area contributed by atoms with Gasteiger partial charge in [0.05, 0.1) is 7.11 Å². The van der Waals surface area contributed by atoms with Crippen LogP contribution in [0.2, 0.25) is 0 Å². The van der Waals surface area contributed by atoms with Gasteiger partial charge in [0.2, 0.25) is 0 Å². The number of nitrogens with two attached hydrogens (primary N) is 1. The number of benzene rings is 2. The quantitative estimate of drug-likeness (QED) is 0.817. The van der Waals surface area contributed by atoms with Crippen molar-refractivity contribution in [2.75, 3.05) is 7.11 Å². The monoisotopic (exact) mass is 229 g/mol. The van der Waals surface area contributed by atoms with E-state index in [1.54, 1.807) is 0 Å². The van der Waals surface area contributed by atoms with Crippen LogP contribution in [0.1, 0.15) is 0 Å². The van der Waals surface area contributed by atoms with E-state index in [0.29, 0.717) is 0 Å². The number of rotatable bonds is 1. The lowest BCUT2D eigenvalue weighted by atomic mass is 10.1. The Morgan fingerprint density at radius 1 is 0.882 bits per heavy atom. The normalized spacial score (nSPS) is 8.76. The number of carbonyl (C=O) groups is 1. The number of carbonyl (C=O) groups excluding carboxylic acids is 1. The van der Waals surface area contributed by atoms with Crippen molar-refractivity contribution in [3.63, 3.8) is 0 Å². The van der Waals surface area contributed by atoms with E-state index >= 15 is 0 Å². The molecule has 0 saturated carbocycles. The fourth-order valence-corrected chi connectivity index (χ4v) is 1.26. The summed E-state index contributed by atoms with van der Waals surface area (Å²) in [6.45, 7) is 0. The number of primary amides is 1. The summed E-state index contributed by atoms with van der Waals surface area (Å²) in [5.74, 6) is 0. The second-order valence-electron chi connectivity index (χ2n) is 3.26. The van der Waals surface area contributed by atoms with Gasteiger partial charge in [-0.1, -0.05) is 60.7 Å². The lowest BCUT2D eigenvalue weighted by Gasteiger charge is -1.98. The molecule has 0 spiro atoms. The van der Waals surface area contributed by atoms with Crippen LogP contribution in [0.4, 0.5) is 4.79 Å². The van der Waals surface area contributed by atoms with Crippen molar-refractivity contribution >= 4 is 6.09 Å². The van der Waals surface area contributed by atoms with Crippen LogP contribution in [-0.2, 0) is 4.74 Å². The summed E-state index contributed by atoms with van der Waals surface area (Å²) in [5.41, 5.74) is 6.98. The first-order chi connectivity index (χ1) is 8.24. The molecule has 0 aliphatic heterocycles. The van der Waals surface area contributed by atoms with Crippen LogP contribution < -0.4 is 5.73 Å². The van der Waals surface area contributed by atoms with E-state index in [-0.39, 0.29) is 0 Å². The zero-order chi connectivity index (χ0) is 12.5. The molecule has 2 aromatic rings. The Bertz CT molecular complexity index is 403. The number of methoxy groups -OCH3 is 1. The molecule has 2 rings (SSSR count). The van der Waals surface area contributed by atoms with Crippen molar-refractivity contribution < 1.29 is 9.53 Å². The summed E-state index contributed by atoms with van der Waals surface area (Å²) in [6.07, 6.45) is -0.745. The summed E-state index contributed by atoms with van der Waals surface area (Å²) in [4.78, 5) is 9.37. The molecule has 0 aromatic heterocycles. The third-order valence-electron chi connectivity index (χ3n) is 2.08. The van der Waals surface area contributed by atoms with Crippen LogP contribution in [0.25, 0.3) is 11.1 Å². The Labute approximate surface area is 101 Å². The van der Waals surface area contributed by atoms with Crippen LogP contribution >= 0.6 is 0 Å². The third kappa shape index (κ3) is 4.84. The molecule has 2 aromatic carbocycles. The van der Waals surface area contributed by atoms with E-state index in [0.717, 1.165) is 0 Å². The van der Waals surface area contributed by atoms with Crippen molar-refractivity contribution in [3.8, 4) is 11.1 Å². The zero-order valence-corrected chi connectivity index (χ0v) is 9.67. The lowest BCUT2D eigenvalue weighted by Crippen LogP contribution is -2.08. The second kappa shape index (κ2) is 7.06. The lowest BCUT2D eigenvalue weighted by molar-refractivity contribution is 0.182. The van der Waals surface area contributed by atoms with E-state index in [2.05, 4.69) is 59.0 Å². The van der Waals surface area contributed by atoms with Gasteiger partial charge in [0.15, 0.2) is 0 Å². The van der Waals surface area contributed by atoms with Gasteiger partial charge in [-0.15, -0.1) is 0 Å².